The highest BCUT2D eigenvalue weighted by Crippen LogP contribution is 2.30. The molecule has 3 heteroatoms. The van der Waals surface area contributed by atoms with E-state index in [1.165, 1.54) is 0 Å². The summed E-state index contributed by atoms with van der Waals surface area (Å²) in [6.45, 7) is 0. The highest BCUT2D eigenvalue weighted by molar-refractivity contribution is 5.70. The predicted molar refractivity (Wildman–Crippen MR) is 64.4 cm³/mol. The van der Waals surface area contributed by atoms with Crippen molar-refractivity contribution in [3.63, 3.8) is 0 Å². The Morgan fingerprint density at radius 3 is 2.25 bits per heavy atom. The number of phenols is 1. The molecule has 2 aromatic rings. The zero-order valence-corrected chi connectivity index (χ0v) is 8.97. The average Bonchev–Trinajstić information content (AvgIpc) is 2.33. The van der Waals surface area contributed by atoms with Gasteiger partial charge in [0.2, 0.25) is 0 Å². The summed E-state index contributed by atoms with van der Waals surface area (Å²) in [5.74, 6) is 0.958. The van der Waals surface area contributed by atoms with E-state index in [2.05, 4.69) is 5.32 Å². The summed E-state index contributed by atoms with van der Waals surface area (Å²) in [7, 11) is 1.62. The van der Waals surface area contributed by atoms with Gasteiger partial charge < -0.3 is 15.2 Å². The van der Waals surface area contributed by atoms with Gasteiger partial charge in [-0.1, -0.05) is 24.3 Å². The van der Waals surface area contributed by atoms with E-state index in [4.69, 9.17) is 4.74 Å². The number of rotatable bonds is 3. The number of ether oxygens (including phenoxy) is 1. The fourth-order valence-corrected chi connectivity index (χ4v) is 1.47. The number of nitrogens with one attached hydrogen (secondary N) is 1. The quantitative estimate of drug-likeness (QED) is 0.773. The SMILES string of the molecule is COc1ccccc1Nc1ccccc1O. The molecular formula is C13H13NO2. The van der Waals surface area contributed by atoms with Crippen molar-refractivity contribution in [1.29, 1.82) is 0 Å². The third-order valence-electron chi connectivity index (χ3n) is 2.28. The number of hydrogen-bond donors (Lipinski definition) is 2. The Morgan fingerprint density at radius 2 is 1.56 bits per heavy atom. The molecule has 0 aliphatic carbocycles. The van der Waals surface area contributed by atoms with Crippen LogP contribution in [0.3, 0.4) is 0 Å². The third kappa shape index (κ3) is 2.08. The molecule has 2 rings (SSSR count). The Morgan fingerprint density at radius 1 is 0.938 bits per heavy atom. The van der Waals surface area contributed by atoms with Gasteiger partial charge in [-0.05, 0) is 24.3 Å². The van der Waals surface area contributed by atoms with Crippen molar-refractivity contribution in [2.45, 2.75) is 0 Å². The van der Waals surface area contributed by atoms with E-state index in [-0.39, 0.29) is 5.75 Å². The highest BCUT2D eigenvalue weighted by atomic mass is 16.5. The number of hydrogen-bond acceptors (Lipinski definition) is 3. The van der Waals surface area contributed by atoms with E-state index >= 15 is 0 Å². The van der Waals surface area contributed by atoms with Crippen molar-refractivity contribution in [2.75, 3.05) is 12.4 Å². The zero-order valence-electron chi connectivity index (χ0n) is 8.97. The molecule has 0 aliphatic rings. The van der Waals surface area contributed by atoms with Crippen molar-refractivity contribution in [3.05, 3.63) is 48.5 Å². The van der Waals surface area contributed by atoms with Gasteiger partial charge in [0.1, 0.15) is 11.5 Å². The summed E-state index contributed by atoms with van der Waals surface area (Å²) >= 11 is 0. The predicted octanol–water partition coefficient (Wildman–Crippen LogP) is 3.14. The second-order valence-corrected chi connectivity index (χ2v) is 3.34. The molecule has 0 spiro atoms. The number of aromatic hydroxyl groups is 1. The first-order valence-electron chi connectivity index (χ1n) is 4.99. The van der Waals surface area contributed by atoms with Crippen LogP contribution in [0.2, 0.25) is 0 Å². The molecule has 0 aromatic heterocycles. The molecule has 82 valence electrons. The van der Waals surface area contributed by atoms with Crippen molar-refractivity contribution >= 4 is 11.4 Å². The van der Waals surface area contributed by atoms with E-state index in [1.807, 2.05) is 36.4 Å². The van der Waals surface area contributed by atoms with Crippen LogP contribution in [-0.4, -0.2) is 12.2 Å². The lowest BCUT2D eigenvalue weighted by Crippen LogP contribution is -1.94. The molecule has 0 atom stereocenters. The van der Waals surface area contributed by atoms with Crippen molar-refractivity contribution in [1.82, 2.24) is 0 Å². The van der Waals surface area contributed by atoms with Crippen LogP contribution in [0.1, 0.15) is 0 Å². The highest BCUT2D eigenvalue weighted by Gasteiger charge is 2.04. The van der Waals surface area contributed by atoms with Crippen molar-refractivity contribution < 1.29 is 9.84 Å². The number of para-hydroxylation sites is 4. The molecule has 0 saturated heterocycles. The first kappa shape index (κ1) is 10.4. The second kappa shape index (κ2) is 4.57. The molecule has 3 nitrogen and oxygen atoms in total. The Bertz CT molecular complexity index is 483. The fraction of sp³-hybridized carbons (Fsp3) is 0.0769. The molecule has 0 amide bonds. The Labute approximate surface area is 94.3 Å². The minimum absolute atomic E-state index is 0.216. The molecule has 0 radical (unpaired) electrons. The van der Waals surface area contributed by atoms with E-state index in [9.17, 15) is 5.11 Å². The molecule has 0 aliphatic heterocycles. The van der Waals surface area contributed by atoms with Gasteiger partial charge in [-0.15, -0.1) is 0 Å². The summed E-state index contributed by atoms with van der Waals surface area (Å²) < 4.78 is 5.21. The molecule has 0 heterocycles. The maximum absolute atomic E-state index is 9.63. The van der Waals surface area contributed by atoms with Crippen LogP contribution in [0.5, 0.6) is 11.5 Å². The number of benzene rings is 2. The second-order valence-electron chi connectivity index (χ2n) is 3.34. The van der Waals surface area contributed by atoms with Gasteiger partial charge in [-0.3, -0.25) is 0 Å². The molecular weight excluding hydrogens is 202 g/mol. The van der Waals surface area contributed by atoms with Gasteiger partial charge in [0, 0.05) is 0 Å². The van der Waals surface area contributed by atoms with Crippen LogP contribution in [0.25, 0.3) is 0 Å². The minimum atomic E-state index is 0.216. The van der Waals surface area contributed by atoms with Crippen LogP contribution in [0.4, 0.5) is 11.4 Å². The fourth-order valence-electron chi connectivity index (χ4n) is 1.47. The molecule has 2 aromatic carbocycles. The lowest BCUT2D eigenvalue weighted by molar-refractivity contribution is 0.416. The Kier molecular flexibility index (Phi) is 2.96. The molecule has 0 fully saturated rings. The molecule has 0 bridgehead atoms. The molecule has 2 N–H and O–H groups in total. The minimum Gasteiger partial charge on any atom is -0.506 e. The van der Waals surface area contributed by atoms with Gasteiger partial charge in [0.05, 0.1) is 18.5 Å². The number of anilines is 2. The van der Waals surface area contributed by atoms with Crippen molar-refractivity contribution in [2.24, 2.45) is 0 Å². The molecule has 16 heavy (non-hydrogen) atoms. The third-order valence-corrected chi connectivity index (χ3v) is 2.28. The Balaban J connectivity index is 2.30. The van der Waals surface area contributed by atoms with E-state index < -0.39 is 0 Å². The number of phenolic OH excluding ortho intramolecular Hbond substituents is 1. The number of methoxy groups -OCH3 is 1. The standard InChI is InChI=1S/C13H13NO2/c1-16-13-9-5-3-7-11(13)14-10-6-2-4-8-12(10)15/h2-9,14-15H,1H3. The van der Waals surface area contributed by atoms with Gasteiger partial charge in [0.25, 0.3) is 0 Å². The lowest BCUT2D eigenvalue weighted by atomic mass is 10.2. The Hall–Kier alpha value is -2.16. The van der Waals surface area contributed by atoms with Crippen LogP contribution in [0, 0.1) is 0 Å². The van der Waals surface area contributed by atoms with Crippen LogP contribution >= 0.6 is 0 Å². The summed E-state index contributed by atoms with van der Waals surface area (Å²) in [6.07, 6.45) is 0. The molecule has 0 saturated carbocycles. The van der Waals surface area contributed by atoms with Crippen molar-refractivity contribution in [3.8, 4) is 11.5 Å². The van der Waals surface area contributed by atoms with E-state index in [0.29, 0.717) is 5.69 Å². The lowest BCUT2D eigenvalue weighted by Gasteiger charge is -2.11. The summed E-state index contributed by atoms with van der Waals surface area (Å²) in [5.41, 5.74) is 1.48. The van der Waals surface area contributed by atoms with Gasteiger partial charge in [-0.2, -0.15) is 0 Å². The topological polar surface area (TPSA) is 41.5 Å². The smallest absolute Gasteiger partial charge is 0.142 e. The monoisotopic (exact) mass is 215 g/mol. The van der Waals surface area contributed by atoms with Gasteiger partial charge >= 0.3 is 0 Å². The summed E-state index contributed by atoms with van der Waals surface area (Å²) in [6, 6.07) is 14.6. The maximum atomic E-state index is 9.63. The normalized spacial score (nSPS) is 9.81. The van der Waals surface area contributed by atoms with Crippen LogP contribution in [0.15, 0.2) is 48.5 Å². The first-order chi connectivity index (χ1) is 7.81. The molecule has 0 unspecified atom stereocenters. The average molecular weight is 215 g/mol. The van der Waals surface area contributed by atoms with Gasteiger partial charge in [0.15, 0.2) is 0 Å². The summed E-state index contributed by atoms with van der Waals surface area (Å²) in [4.78, 5) is 0. The maximum Gasteiger partial charge on any atom is 0.142 e. The van der Waals surface area contributed by atoms with E-state index in [0.717, 1.165) is 11.4 Å². The van der Waals surface area contributed by atoms with Crippen LogP contribution in [-0.2, 0) is 0 Å². The zero-order chi connectivity index (χ0) is 11.4. The first-order valence-corrected chi connectivity index (χ1v) is 4.99. The summed E-state index contributed by atoms with van der Waals surface area (Å²) in [5, 5.41) is 12.7. The van der Waals surface area contributed by atoms with Gasteiger partial charge in [-0.25, -0.2) is 0 Å². The largest absolute Gasteiger partial charge is 0.506 e. The van der Waals surface area contributed by atoms with Crippen LogP contribution < -0.4 is 10.1 Å². The van der Waals surface area contributed by atoms with E-state index in [1.54, 1.807) is 19.2 Å².